The van der Waals surface area contributed by atoms with Gasteiger partial charge in [-0.1, -0.05) is 35.3 Å². The third-order valence-electron chi connectivity index (χ3n) is 3.65. The van der Waals surface area contributed by atoms with E-state index < -0.39 is 6.03 Å². The van der Waals surface area contributed by atoms with E-state index in [9.17, 15) is 9.59 Å². The molecule has 0 spiro atoms. The van der Waals surface area contributed by atoms with Crippen molar-refractivity contribution < 1.29 is 9.59 Å². The molecule has 2 aromatic carbocycles. The largest absolute Gasteiger partial charge is 0.347 e. The molecule has 1 atom stereocenters. The zero-order valence-electron chi connectivity index (χ0n) is 15.7. The molecule has 0 saturated heterocycles. The van der Waals surface area contributed by atoms with E-state index in [4.69, 9.17) is 23.2 Å². The molecule has 0 aliphatic carbocycles. The molecule has 0 bridgehead atoms. The summed E-state index contributed by atoms with van der Waals surface area (Å²) in [6.07, 6.45) is 0. The van der Waals surface area contributed by atoms with Crippen LogP contribution in [0.3, 0.4) is 0 Å². The molecule has 144 valence electrons. The van der Waals surface area contributed by atoms with Crippen LogP contribution in [0.25, 0.3) is 0 Å². The van der Waals surface area contributed by atoms with Gasteiger partial charge in [0.05, 0.1) is 6.04 Å². The summed E-state index contributed by atoms with van der Waals surface area (Å²) >= 11 is 12.1. The molecule has 3 amide bonds. The number of hydrogen-bond acceptors (Lipinski definition) is 2. The van der Waals surface area contributed by atoms with Gasteiger partial charge in [0.2, 0.25) is 0 Å². The maximum Gasteiger partial charge on any atom is 0.319 e. The molecule has 1 unspecified atom stereocenters. The molecule has 0 radical (unpaired) electrons. The standard InChI is InChI=1S/C20H23Cl2N3O2/c1-12(16-9-8-14(21)11-17(16)22)23-19(27)24-15-7-5-6-13(10-15)18(26)25-20(2,3)4/h5-12H,1-4H3,(H,25,26)(H2,23,24,27). The molecular weight excluding hydrogens is 385 g/mol. The van der Waals surface area contributed by atoms with Crippen LogP contribution in [0.5, 0.6) is 0 Å². The maximum absolute atomic E-state index is 12.3. The van der Waals surface area contributed by atoms with Crippen LogP contribution in [0.2, 0.25) is 10.0 Å². The minimum absolute atomic E-state index is 0.201. The van der Waals surface area contributed by atoms with Gasteiger partial charge >= 0.3 is 6.03 Å². The summed E-state index contributed by atoms with van der Waals surface area (Å²) in [5.74, 6) is -0.201. The Labute approximate surface area is 169 Å². The molecule has 5 nitrogen and oxygen atoms in total. The van der Waals surface area contributed by atoms with Crippen LogP contribution >= 0.6 is 23.2 Å². The number of carbonyl (C=O) groups is 2. The number of anilines is 1. The Hall–Kier alpha value is -2.24. The van der Waals surface area contributed by atoms with Crippen LogP contribution < -0.4 is 16.0 Å². The summed E-state index contributed by atoms with van der Waals surface area (Å²) in [4.78, 5) is 24.6. The highest BCUT2D eigenvalue weighted by molar-refractivity contribution is 6.35. The number of amides is 3. The van der Waals surface area contributed by atoms with Gasteiger partial charge in [-0.15, -0.1) is 0 Å². The predicted molar refractivity (Wildman–Crippen MR) is 111 cm³/mol. The summed E-state index contributed by atoms with van der Waals surface area (Å²) in [5.41, 5.74) is 1.40. The van der Waals surface area contributed by atoms with Crippen LogP contribution in [0, 0.1) is 0 Å². The third-order valence-corrected chi connectivity index (χ3v) is 4.21. The summed E-state index contributed by atoms with van der Waals surface area (Å²) < 4.78 is 0. The smallest absolute Gasteiger partial charge is 0.319 e. The number of nitrogens with one attached hydrogen (secondary N) is 3. The lowest BCUT2D eigenvalue weighted by Crippen LogP contribution is -2.40. The highest BCUT2D eigenvalue weighted by Crippen LogP contribution is 2.26. The average molecular weight is 408 g/mol. The van der Waals surface area contributed by atoms with Gasteiger partial charge in [-0.25, -0.2) is 4.79 Å². The van der Waals surface area contributed by atoms with Crippen LogP contribution in [0.4, 0.5) is 10.5 Å². The van der Waals surface area contributed by atoms with Crippen molar-refractivity contribution in [1.29, 1.82) is 0 Å². The Kier molecular flexibility index (Phi) is 6.73. The van der Waals surface area contributed by atoms with Crippen LogP contribution in [-0.2, 0) is 0 Å². The molecule has 0 aromatic heterocycles. The molecule has 3 N–H and O–H groups in total. The van der Waals surface area contributed by atoms with Gasteiger partial charge in [0.1, 0.15) is 0 Å². The number of halogens is 2. The fraction of sp³-hybridized carbons (Fsp3) is 0.300. The van der Waals surface area contributed by atoms with Crippen molar-refractivity contribution in [3.63, 3.8) is 0 Å². The average Bonchev–Trinajstić information content (AvgIpc) is 2.53. The van der Waals surface area contributed by atoms with E-state index >= 15 is 0 Å². The minimum Gasteiger partial charge on any atom is -0.347 e. The Morgan fingerprint density at radius 2 is 1.74 bits per heavy atom. The molecule has 0 aliphatic heterocycles. The van der Waals surface area contributed by atoms with Crippen molar-refractivity contribution in [1.82, 2.24) is 10.6 Å². The minimum atomic E-state index is -0.401. The summed E-state index contributed by atoms with van der Waals surface area (Å²) in [7, 11) is 0. The first-order chi connectivity index (χ1) is 12.5. The van der Waals surface area contributed by atoms with Crippen molar-refractivity contribution >= 4 is 40.8 Å². The molecule has 0 saturated carbocycles. The summed E-state index contributed by atoms with van der Waals surface area (Å²) in [6, 6.07) is 11.2. The van der Waals surface area contributed by atoms with Gasteiger partial charge in [0, 0.05) is 26.8 Å². The second-order valence-electron chi connectivity index (χ2n) is 7.27. The van der Waals surface area contributed by atoms with Crippen molar-refractivity contribution in [2.75, 3.05) is 5.32 Å². The normalized spacial score (nSPS) is 12.2. The number of hydrogen-bond donors (Lipinski definition) is 3. The van der Waals surface area contributed by atoms with Crippen molar-refractivity contribution in [2.45, 2.75) is 39.3 Å². The van der Waals surface area contributed by atoms with Crippen LogP contribution in [0.15, 0.2) is 42.5 Å². The molecule has 27 heavy (non-hydrogen) atoms. The van der Waals surface area contributed by atoms with Gasteiger partial charge in [-0.05, 0) is 63.6 Å². The van der Waals surface area contributed by atoms with E-state index in [0.717, 1.165) is 5.56 Å². The number of urea groups is 1. The first-order valence-electron chi connectivity index (χ1n) is 8.50. The van der Waals surface area contributed by atoms with Gasteiger partial charge in [0.25, 0.3) is 5.91 Å². The third kappa shape index (κ3) is 6.45. The van der Waals surface area contributed by atoms with Gasteiger partial charge < -0.3 is 16.0 Å². The zero-order chi connectivity index (χ0) is 20.2. The number of rotatable bonds is 4. The zero-order valence-corrected chi connectivity index (χ0v) is 17.2. The van der Waals surface area contributed by atoms with Crippen LogP contribution in [-0.4, -0.2) is 17.5 Å². The van der Waals surface area contributed by atoms with Crippen molar-refractivity contribution in [3.8, 4) is 0 Å². The van der Waals surface area contributed by atoms with E-state index in [1.807, 2.05) is 27.7 Å². The first-order valence-corrected chi connectivity index (χ1v) is 9.26. The molecule has 0 fully saturated rings. The van der Waals surface area contributed by atoms with Crippen molar-refractivity contribution in [2.24, 2.45) is 0 Å². The second kappa shape index (κ2) is 8.63. The fourth-order valence-electron chi connectivity index (χ4n) is 2.45. The quantitative estimate of drug-likeness (QED) is 0.634. The molecule has 7 heteroatoms. The van der Waals surface area contributed by atoms with Gasteiger partial charge in [-0.3, -0.25) is 4.79 Å². The lowest BCUT2D eigenvalue weighted by Gasteiger charge is -2.21. The van der Waals surface area contributed by atoms with E-state index in [1.165, 1.54) is 0 Å². The topological polar surface area (TPSA) is 70.2 Å². The Morgan fingerprint density at radius 1 is 1.04 bits per heavy atom. The monoisotopic (exact) mass is 407 g/mol. The number of carbonyl (C=O) groups excluding carboxylic acids is 2. The van der Waals surface area contributed by atoms with E-state index in [0.29, 0.717) is 21.3 Å². The molecular formula is C20H23Cl2N3O2. The SMILES string of the molecule is CC(NC(=O)Nc1cccc(C(=O)NC(C)(C)C)c1)c1ccc(Cl)cc1Cl. The Bertz CT molecular complexity index is 847. The highest BCUT2D eigenvalue weighted by Gasteiger charge is 2.16. The van der Waals surface area contributed by atoms with Gasteiger partial charge in [0.15, 0.2) is 0 Å². The number of benzene rings is 2. The summed E-state index contributed by atoms with van der Waals surface area (Å²) in [6.45, 7) is 7.54. The molecule has 2 rings (SSSR count). The molecule has 0 aliphatic rings. The Morgan fingerprint density at radius 3 is 2.37 bits per heavy atom. The Balaban J connectivity index is 2.03. The summed E-state index contributed by atoms with van der Waals surface area (Å²) in [5, 5.41) is 9.45. The van der Waals surface area contributed by atoms with E-state index in [-0.39, 0.29) is 17.5 Å². The highest BCUT2D eigenvalue weighted by atomic mass is 35.5. The maximum atomic E-state index is 12.3. The van der Waals surface area contributed by atoms with E-state index in [2.05, 4.69) is 16.0 Å². The predicted octanol–water partition coefficient (Wildman–Crippen LogP) is 5.40. The van der Waals surface area contributed by atoms with Crippen molar-refractivity contribution in [3.05, 3.63) is 63.6 Å². The van der Waals surface area contributed by atoms with Gasteiger partial charge in [-0.2, -0.15) is 0 Å². The lowest BCUT2D eigenvalue weighted by atomic mass is 10.1. The molecule has 0 heterocycles. The van der Waals surface area contributed by atoms with E-state index in [1.54, 1.807) is 42.5 Å². The lowest BCUT2D eigenvalue weighted by molar-refractivity contribution is 0.0919. The molecule has 2 aromatic rings. The van der Waals surface area contributed by atoms with Crippen LogP contribution in [0.1, 0.15) is 49.7 Å². The fourth-order valence-corrected chi connectivity index (χ4v) is 3.02. The first kappa shape index (κ1) is 21.1. The second-order valence-corrected chi connectivity index (χ2v) is 8.11.